The van der Waals surface area contributed by atoms with E-state index in [9.17, 15) is 4.79 Å². The van der Waals surface area contributed by atoms with E-state index in [-0.39, 0.29) is 5.43 Å². The topological polar surface area (TPSA) is 48.7 Å². The van der Waals surface area contributed by atoms with Gasteiger partial charge >= 0.3 is 0 Å². The monoisotopic (exact) mass is 220 g/mol. The van der Waals surface area contributed by atoms with Crippen LogP contribution in [0, 0.1) is 0 Å². The molecule has 0 saturated carbocycles. The van der Waals surface area contributed by atoms with Crippen LogP contribution in [0.4, 0.5) is 0 Å². The van der Waals surface area contributed by atoms with Crippen LogP contribution in [0.3, 0.4) is 0 Å². The molecule has 1 aromatic carbocycles. The molecule has 0 atom stereocenters. The number of methoxy groups -OCH3 is 2. The van der Waals surface area contributed by atoms with Crippen molar-refractivity contribution in [2.24, 2.45) is 0 Å². The minimum Gasteiger partial charge on any atom is -0.455 e. The zero-order chi connectivity index (χ0) is 11.5. The van der Waals surface area contributed by atoms with E-state index >= 15 is 0 Å². The van der Waals surface area contributed by atoms with E-state index in [1.807, 2.05) is 6.07 Å². The van der Waals surface area contributed by atoms with Crippen LogP contribution in [0.2, 0.25) is 0 Å². The maximum Gasteiger partial charge on any atom is 0.216 e. The van der Waals surface area contributed by atoms with E-state index in [1.54, 1.807) is 18.2 Å². The molecule has 0 aliphatic heterocycles. The van der Waals surface area contributed by atoms with Crippen LogP contribution in [0.25, 0.3) is 11.0 Å². The lowest BCUT2D eigenvalue weighted by molar-refractivity contribution is -0.117. The van der Waals surface area contributed by atoms with Crippen molar-refractivity contribution in [3.05, 3.63) is 46.3 Å². The molecule has 0 fully saturated rings. The Morgan fingerprint density at radius 3 is 2.56 bits per heavy atom. The molecule has 2 rings (SSSR count). The van der Waals surface area contributed by atoms with Gasteiger partial charge in [-0.25, -0.2) is 0 Å². The van der Waals surface area contributed by atoms with Gasteiger partial charge in [0.05, 0.1) is 5.39 Å². The molecule has 0 N–H and O–H groups in total. The van der Waals surface area contributed by atoms with E-state index in [4.69, 9.17) is 13.9 Å². The van der Waals surface area contributed by atoms with Gasteiger partial charge in [-0.15, -0.1) is 0 Å². The predicted octanol–water partition coefficient (Wildman–Crippen LogP) is 2.08. The quantitative estimate of drug-likeness (QED) is 0.743. The summed E-state index contributed by atoms with van der Waals surface area (Å²) < 4.78 is 15.6. The van der Waals surface area contributed by atoms with Crippen molar-refractivity contribution in [2.75, 3.05) is 14.2 Å². The summed E-state index contributed by atoms with van der Waals surface area (Å²) in [5.41, 5.74) is 0.431. The number of rotatable bonds is 3. The number of fused-ring (bicyclic) bond motifs is 1. The van der Waals surface area contributed by atoms with Crippen LogP contribution in [0.1, 0.15) is 12.1 Å². The molecule has 0 amide bonds. The average molecular weight is 220 g/mol. The van der Waals surface area contributed by atoms with Crippen LogP contribution in [0.5, 0.6) is 0 Å². The second-order valence-corrected chi connectivity index (χ2v) is 3.31. The van der Waals surface area contributed by atoms with Gasteiger partial charge in [-0.3, -0.25) is 4.79 Å². The first kappa shape index (κ1) is 10.9. The molecular formula is C12H12O4. The summed E-state index contributed by atoms with van der Waals surface area (Å²) in [7, 11) is 2.98. The minimum absolute atomic E-state index is 0.101. The molecule has 0 spiro atoms. The van der Waals surface area contributed by atoms with Crippen LogP contribution in [-0.4, -0.2) is 14.2 Å². The summed E-state index contributed by atoms with van der Waals surface area (Å²) in [6.07, 6.45) is -0.655. The standard InChI is InChI=1S/C12H12O4/c1-14-12(15-2)11-7-9(13)8-5-3-4-6-10(8)16-11/h3-7,12H,1-2H3. The first-order valence-electron chi connectivity index (χ1n) is 4.84. The first-order chi connectivity index (χ1) is 7.76. The van der Waals surface area contributed by atoms with Crippen molar-refractivity contribution >= 4 is 11.0 Å². The van der Waals surface area contributed by atoms with E-state index in [0.29, 0.717) is 16.7 Å². The molecule has 4 nitrogen and oxygen atoms in total. The molecule has 0 aliphatic rings. The molecule has 0 unspecified atom stereocenters. The Hall–Kier alpha value is -1.65. The van der Waals surface area contributed by atoms with Crippen molar-refractivity contribution in [3.63, 3.8) is 0 Å². The normalized spacial score (nSPS) is 11.2. The Morgan fingerprint density at radius 1 is 1.19 bits per heavy atom. The molecule has 1 heterocycles. The summed E-state index contributed by atoms with van der Waals surface area (Å²) >= 11 is 0. The van der Waals surface area contributed by atoms with Crippen LogP contribution < -0.4 is 5.43 Å². The fourth-order valence-electron chi connectivity index (χ4n) is 1.57. The Morgan fingerprint density at radius 2 is 1.88 bits per heavy atom. The Bertz CT molecular complexity index is 540. The molecule has 1 aromatic heterocycles. The summed E-state index contributed by atoms with van der Waals surface area (Å²) in [5, 5.41) is 0.553. The summed E-state index contributed by atoms with van der Waals surface area (Å²) in [6, 6.07) is 8.45. The van der Waals surface area contributed by atoms with E-state index in [2.05, 4.69) is 0 Å². The van der Waals surface area contributed by atoms with Crippen molar-refractivity contribution < 1.29 is 13.9 Å². The second-order valence-electron chi connectivity index (χ2n) is 3.31. The lowest BCUT2D eigenvalue weighted by atomic mass is 10.2. The molecule has 4 heteroatoms. The van der Waals surface area contributed by atoms with Crippen molar-refractivity contribution in [1.82, 2.24) is 0 Å². The fourth-order valence-corrected chi connectivity index (χ4v) is 1.57. The third kappa shape index (κ3) is 1.85. The highest BCUT2D eigenvalue weighted by molar-refractivity contribution is 5.76. The van der Waals surface area contributed by atoms with Gasteiger partial charge in [-0.1, -0.05) is 12.1 Å². The average Bonchev–Trinajstić information content (AvgIpc) is 2.31. The van der Waals surface area contributed by atoms with Crippen LogP contribution in [0.15, 0.2) is 39.5 Å². The number of benzene rings is 1. The number of hydrogen-bond acceptors (Lipinski definition) is 4. The van der Waals surface area contributed by atoms with Gasteiger partial charge < -0.3 is 13.9 Å². The maximum atomic E-state index is 11.8. The number of para-hydroxylation sites is 1. The SMILES string of the molecule is COC(OC)c1cc(=O)c2ccccc2o1. The Kier molecular flexibility index (Phi) is 3.03. The second kappa shape index (κ2) is 4.47. The van der Waals surface area contributed by atoms with Crippen molar-refractivity contribution in [1.29, 1.82) is 0 Å². The van der Waals surface area contributed by atoms with Gasteiger partial charge in [0.2, 0.25) is 6.29 Å². The van der Waals surface area contributed by atoms with Gasteiger partial charge in [-0.2, -0.15) is 0 Å². The summed E-state index contributed by atoms with van der Waals surface area (Å²) in [5.74, 6) is 0.369. The number of hydrogen-bond donors (Lipinski definition) is 0. The lowest BCUT2D eigenvalue weighted by Crippen LogP contribution is -2.09. The van der Waals surface area contributed by atoms with Gasteiger partial charge in [-0.05, 0) is 12.1 Å². The van der Waals surface area contributed by atoms with Crippen molar-refractivity contribution in [3.8, 4) is 0 Å². The molecule has 84 valence electrons. The Balaban J connectivity index is 2.62. The molecule has 16 heavy (non-hydrogen) atoms. The van der Waals surface area contributed by atoms with Gasteiger partial charge in [0.1, 0.15) is 5.58 Å². The Labute approximate surface area is 92.4 Å². The highest BCUT2D eigenvalue weighted by Crippen LogP contribution is 2.19. The predicted molar refractivity (Wildman–Crippen MR) is 59.2 cm³/mol. The maximum absolute atomic E-state index is 11.8. The minimum atomic E-state index is -0.655. The van der Waals surface area contributed by atoms with Gasteiger partial charge in [0.25, 0.3) is 0 Å². The van der Waals surface area contributed by atoms with Crippen LogP contribution >= 0.6 is 0 Å². The smallest absolute Gasteiger partial charge is 0.216 e. The van der Waals surface area contributed by atoms with E-state index in [1.165, 1.54) is 20.3 Å². The number of ether oxygens (including phenoxy) is 2. The molecule has 0 bridgehead atoms. The molecule has 2 aromatic rings. The van der Waals surface area contributed by atoms with Crippen molar-refractivity contribution in [2.45, 2.75) is 6.29 Å². The highest BCUT2D eigenvalue weighted by Gasteiger charge is 2.14. The highest BCUT2D eigenvalue weighted by atomic mass is 16.7. The molecule has 0 radical (unpaired) electrons. The molecular weight excluding hydrogens is 208 g/mol. The zero-order valence-electron chi connectivity index (χ0n) is 9.10. The largest absolute Gasteiger partial charge is 0.455 e. The fraction of sp³-hybridized carbons (Fsp3) is 0.250. The third-order valence-electron chi connectivity index (χ3n) is 2.31. The van der Waals surface area contributed by atoms with Gasteiger partial charge in [0, 0.05) is 20.3 Å². The third-order valence-corrected chi connectivity index (χ3v) is 2.31. The first-order valence-corrected chi connectivity index (χ1v) is 4.84. The lowest BCUT2D eigenvalue weighted by Gasteiger charge is -2.12. The molecule has 0 saturated heterocycles. The molecule has 0 aliphatic carbocycles. The summed E-state index contributed by atoms with van der Waals surface area (Å²) in [6.45, 7) is 0. The van der Waals surface area contributed by atoms with E-state index in [0.717, 1.165) is 0 Å². The zero-order valence-corrected chi connectivity index (χ0v) is 9.10. The summed E-state index contributed by atoms with van der Waals surface area (Å²) in [4.78, 5) is 11.8. The van der Waals surface area contributed by atoms with E-state index < -0.39 is 6.29 Å². The van der Waals surface area contributed by atoms with Crippen LogP contribution in [-0.2, 0) is 9.47 Å². The van der Waals surface area contributed by atoms with Gasteiger partial charge in [0.15, 0.2) is 11.2 Å².